The number of hydrogen-bond donors (Lipinski definition) is 1. The van der Waals surface area contributed by atoms with Crippen molar-refractivity contribution in [2.75, 3.05) is 13.2 Å². The molecule has 62 valence electrons. The van der Waals surface area contributed by atoms with Gasteiger partial charge in [0.2, 0.25) is 5.91 Å². The fraction of sp³-hybridized carbons (Fsp3) is 0.429. The summed E-state index contributed by atoms with van der Waals surface area (Å²) in [6, 6.07) is 0. The Balaban J connectivity index is 3.45. The first kappa shape index (κ1) is 9.68. The summed E-state index contributed by atoms with van der Waals surface area (Å²) in [5, 5.41) is 2.29. The smallest absolute Gasteiger partial charge is 0.325 e. The van der Waals surface area contributed by atoms with Crippen LogP contribution in [-0.4, -0.2) is 25.0 Å². The monoisotopic (exact) mass is 157 g/mol. The van der Waals surface area contributed by atoms with E-state index in [9.17, 15) is 9.59 Å². The number of ether oxygens (including phenoxy) is 1. The SMILES string of the molecule is C=CC(=O)NCC(=O)OCC. The van der Waals surface area contributed by atoms with Gasteiger partial charge in [-0.1, -0.05) is 6.58 Å². The van der Waals surface area contributed by atoms with E-state index in [1.54, 1.807) is 6.92 Å². The van der Waals surface area contributed by atoms with Crippen LogP contribution in [-0.2, 0) is 14.3 Å². The van der Waals surface area contributed by atoms with Gasteiger partial charge in [0, 0.05) is 0 Å². The molecule has 0 heterocycles. The van der Waals surface area contributed by atoms with E-state index in [4.69, 9.17) is 0 Å². The van der Waals surface area contributed by atoms with Crippen molar-refractivity contribution in [2.24, 2.45) is 0 Å². The molecule has 0 radical (unpaired) electrons. The van der Waals surface area contributed by atoms with Gasteiger partial charge in [0.1, 0.15) is 6.54 Å². The quantitative estimate of drug-likeness (QED) is 0.456. The first-order valence-corrected chi connectivity index (χ1v) is 3.26. The molecule has 4 heteroatoms. The van der Waals surface area contributed by atoms with Crippen LogP contribution >= 0.6 is 0 Å². The summed E-state index contributed by atoms with van der Waals surface area (Å²) in [6.07, 6.45) is 1.10. The molecule has 0 saturated carbocycles. The van der Waals surface area contributed by atoms with Gasteiger partial charge in [-0.15, -0.1) is 0 Å². The lowest BCUT2D eigenvalue weighted by Crippen LogP contribution is -2.28. The average molecular weight is 157 g/mol. The summed E-state index contributed by atoms with van der Waals surface area (Å²) in [6.45, 7) is 5.15. The minimum Gasteiger partial charge on any atom is -0.465 e. The van der Waals surface area contributed by atoms with Crippen LogP contribution in [0.25, 0.3) is 0 Å². The molecule has 1 N–H and O–H groups in total. The van der Waals surface area contributed by atoms with Gasteiger partial charge in [0.25, 0.3) is 0 Å². The molecule has 1 amide bonds. The number of nitrogens with one attached hydrogen (secondary N) is 1. The average Bonchev–Trinajstić information content (AvgIpc) is 2.01. The molecule has 0 rings (SSSR count). The summed E-state index contributed by atoms with van der Waals surface area (Å²) in [4.78, 5) is 21.1. The van der Waals surface area contributed by atoms with E-state index in [0.717, 1.165) is 6.08 Å². The van der Waals surface area contributed by atoms with Crippen LogP contribution in [0.3, 0.4) is 0 Å². The number of hydrogen-bond acceptors (Lipinski definition) is 3. The van der Waals surface area contributed by atoms with Crippen molar-refractivity contribution in [2.45, 2.75) is 6.92 Å². The van der Waals surface area contributed by atoms with Gasteiger partial charge in [0.05, 0.1) is 6.61 Å². The highest BCUT2D eigenvalue weighted by atomic mass is 16.5. The number of carbonyl (C=O) groups is 2. The van der Waals surface area contributed by atoms with Gasteiger partial charge >= 0.3 is 5.97 Å². The van der Waals surface area contributed by atoms with E-state index in [1.165, 1.54) is 0 Å². The summed E-state index contributed by atoms with van der Waals surface area (Å²) < 4.78 is 4.55. The molecule has 0 atom stereocenters. The number of esters is 1. The maximum Gasteiger partial charge on any atom is 0.325 e. The fourth-order valence-electron chi connectivity index (χ4n) is 0.443. The Kier molecular flexibility index (Phi) is 4.81. The molecule has 0 fully saturated rings. The van der Waals surface area contributed by atoms with Crippen LogP contribution in [0.2, 0.25) is 0 Å². The molecule has 0 spiro atoms. The molecule has 0 aliphatic carbocycles. The lowest BCUT2D eigenvalue weighted by molar-refractivity contribution is -0.143. The third-order valence-electron chi connectivity index (χ3n) is 0.898. The summed E-state index contributed by atoms with van der Waals surface area (Å²) in [7, 11) is 0. The zero-order valence-corrected chi connectivity index (χ0v) is 6.42. The van der Waals surface area contributed by atoms with Crippen molar-refractivity contribution >= 4 is 11.9 Å². The van der Waals surface area contributed by atoms with Crippen molar-refractivity contribution in [1.29, 1.82) is 0 Å². The Morgan fingerprint density at radius 3 is 2.73 bits per heavy atom. The van der Waals surface area contributed by atoms with E-state index in [1.807, 2.05) is 0 Å². The molecule has 11 heavy (non-hydrogen) atoms. The van der Waals surface area contributed by atoms with E-state index in [-0.39, 0.29) is 12.5 Å². The second kappa shape index (κ2) is 5.46. The first-order valence-electron chi connectivity index (χ1n) is 3.26. The predicted molar refractivity (Wildman–Crippen MR) is 39.8 cm³/mol. The molecular weight excluding hydrogens is 146 g/mol. The molecule has 0 aliphatic heterocycles. The Labute approximate surface area is 65.2 Å². The molecule has 0 aromatic heterocycles. The van der Waals surface area contributed by atoms with E-state index in [0.29, 0.717) is 6.61 Å². The summed E-state index contributed by atoms with van der Waals surface area (Å²) >= 11 is 0. The maximum atomic E-state index is 10.6. The lowest BCUT2D eigenvalue weighted by atomic mass is 10.5. The van der Waals surface area contributed by atoms with Crippen molar-refractivity contribution in [3.05, 3.63) is 12.7 Å². The first-order chi connectivity index (χ1) is 5.20. The molecule has 0 saturated heterocycles. The maximum absolute atomic E-state index is 10.6. The highest BCUT2D eigenvalue weighted by Crippen LogP contribution is 1.75. The van der Waals surface area contributed by atoms with Crippen LogP contribution < -0.4 is 5.32 Å². The molecule has 0 bridgehead atoms. The Morgan fingerprint density at radius 1 is 1.64 bits per heavy atom. The van der Waals surface area contributed by atoms with Crippen LogP contribution in [0, 0.1) is 0 Å². The van der Waals surface area contributed by atoms with Crippen LogP contribution in [0.5, 0.6) is 0 Å². The van der Waals surface area contributed by atoms with Crippen LogP contribution in [0.1, 0.15) is 6.92 Å². The zero-order valence-electron chi connectivity index (χ0n) is 6.42. The molecule has 0 unspecified atom stereocenters. The molecule has 0 aromatic rings. The summed E-state index contributed by atoms with van der Waals surface area (Å²) in [5.41, 5.74) is 0. The minimum absolute atomic E-state index is 0.0985. The van der Waals surface area contributed by atoms with E-state index in [2.05, 4.69) is 16.6 Å². The molecular formula is C7H11NO3. The van der Waals surface area contributed by atoms with Gasteiger partial charge in [-0.25, -0.2) is 0 Å². The van der Waals surface area contributed by atoms with Gasteiger partial charge in [-0.05, 0) is 13.0 Å². The third-order valence-corrected chi connectivity index (χ3v) is 0.898. The van der Waals surface area contributed by atoms with Gasteiger partial charge in [-0.3, -0.25) is 9.59 Å². The Hall–Kier alpha value is -1.32. The van der Waals surface area contributed by atoms with E-state index >= 15 is 0 Å². The molecule has 0 aromatic carbocycles. The Morgan fingerprint density at radius 2 is 2.27 bits per heavy atom. The van der Waals surface area contributed by atoms with Gasteiger partial charge < -0.3 is 10.1 Å². The largest absolute Gasteiger partial charge is 0.465 e. The highest BCUT2D eigenvalue weighted by molar-refractivity contribution is 5.89. The third kappa shape index (κ3) is 5.14. The number of carbonyl (C=O) groups excluding carboxylic acids is 2. The van der Waals surface area contributed by atoms with Gasteiger partial charge in [0.15, 0.2) is 0 Å². The Bertz CT molecular complexity index is 165. The standard InChI is InChI=1S/C7H11NO3/c1-3-6(9)8-5-7(10)11-4-2/h3H,1,4-5H2,2H3,(H,8,9). The molecule has 0 aliphatic rings. The van der Waals surface area contributed by atoms with Crippen LogP contribution in [0.4, 0.5) is 0 Å². The van der Waals surface area contributed by atoms with E-state index < -0.39 is 5.97 Å². The predicted octanol–water partition coefficient (Wildman–Crippen LogP) is -0.148. The highest BCUT2D eigenvalue weighted by Gasteiger charge is 2.01. The number of rotatable bonds is 4. The summed E-state index contributed by atoms with van der Waals surface area (Å²) in [5.74, 6) is -0.819. The lowest BCUT2D eigenvalue weighted by Gasteiger charge is -2.00. The second-order valence-electron chi connectivity index (χ2n) is 1.73. The van der Waals surface area contributed by atoms with Crippen molar-refractivity contribution in [3.63, 3.8) is 0 Å². The topological polar surface area (TPSA) is 55.4 Å². The van der Waals surface area contributed by atoms with Crippen molar-refractivity contribution in [3.8, 4) is 0 Å². The number of amides is 1. The second-order valence-corrected chi connectivity index (χ2v) is 1.73. The normalized spacial score (nSPS) is 8.45. The van der Waals surface area contributed by atoms with Crippen LogP contribution in [0.15, 0.2) is 12.7 Å². The van der Waals surface area contributed by atoms with Crippen molar-refractivity contribution in [1.82, 2.24) is 5.32 Å². The minimum atomic E-state index is -0.442. The molecule has 4 nitrogen and oxygen atoms in total. The fourth-order valence-corrected chi connectivity index (χ4v) is 0.443. The zero-order chi connectivity index (χ0) is 8.69. The van der Waals surface area contributed by atoms with Gasteiger partial charge in [-0.2, -0.15) is 0 Å². The van der Waals surface area contributed by atoms with Crippen molar-refractivity contribution < 1.29 is 14.3 Å².